The predicted molar refractivity (Wildman–Crippen MR) is 73.5 cm³/mol. The molecule has 1 aromatic heterocycles. The lowest BCUT2D eigenvalue weighted by Crippen LogP contribution is -2.26. The van der Waals surface area contributed by atoms with E-state index in [1.165, 1.54) is 0 Å². The summed E-state index contributed by atoms with van der Waals surface area (Å²) in [6.45, 7) is 2.87. The number of aromatic nitrogens is 2. The largest absolute Gasteiger partial charge is 0.298 e. The lowest BCUT2D eigenvalue weighted by Gasteiger charge is -2.14. The van der Waals surface area contributed by atoms with Gasteiger partial charge in [-0.1, -0.05) is 13.3 Å². The highest BCUT2D eigenvalue weighted by atomic mass is 127. The third kappa shape index (κ3) is 3.79. The molecule has 0 aliphatic heterocycles. The molecule has 3 nitrogen and oxygen atoms in total. The maximum atomic E-state index is 11.7. The van der Waals surface area contributed by atoms with E-state index in [0.29, 0.717) is 9.49 Å². The molecule has 0 saturated carbocycles. The average Bonchev–Trinajstić information content (AvgIpc) is 2.24. The first-order valence-electron chi connectivity index (χ1n) is 4.99. The van der Waals surface area contributed by atoms with Crippen LogP contribution < -0.4 is 5.56 Å². The summed E-state index contributed by atoms with van der Waals surface area (Å²) in [5.74, 6) is 1.27. The van der Waals surface area contributed by atoms with E-state index in [1.54, 1.807) is 17.1 Å². The molecule has 0 aliphatic carbocycles. The van der Waals surface area contributed by atoms with Crippen molar-refractivity contribution in [3.63, 3.8) is 0 Å². The topological polar surface area (TPSA) is 34.9 Å². The molecule has 0 bridgehead atoms. The first-order valence-corrected chi connectivity index (χ1v) is 6.71. The van der Waals surface area contributed by atoms with Crippen molar-refractivity contribution in [2.24, 2.45) is 5.92 Å². The van der Waals surface area contributed by atoms with Crippen molar-refractivity contribution in [1.29, 1.82) is 0 Å². The molecule has 0 N–H and O–H groups in total. The lowest BCUT2D eigenvalue weighted by atomic mass is 10.1. The molecule has 1 unspecified atom stereocenters. The minimum absolute atomic E-state index is 0.0495. The molecule has 1 atom stereocenters. The van der Waals surface area contributed by atoms with Gasteiger partial charge in [0.2, 0.25) is 0 Å². The standard InChI is InChI=1S/C10H15IN2OS/c1-2-3-8(6-15)5-13-7-12-4-9(11)10(13)14/h4,7-8,15H,2-3,5-6H2,1H3. The molecule has 0 amide bonds. The average molecular weight is 338 g/mol. The predicted octanol–water partition coefficient (Wildman–Crippen LogP) is 2.19. The molecule has 15 heavy (non-hydrogen) atoms. The monoisotopic (exact) mass is 338 g/mol. The van der Waals surface area contributed by atoms with Crippen molar-refractivity contribution in [3.05, 3.63) is 26.4 Å². The van der Waals surface area contributed by atoms with E-state index >= 15 is 0 Å². The van der Waals surface area contributed by atoms with E-state index in [1.807, 2.05) is 22.6 Å². The molecule has 1 aromatic rings. The summed E-state index contributed by atoms with van der Waals surface area (Å²) in [7, 11) is 0. The van der Waals surface area contributed by atoms with Crippen molar-refractivity contribution in [1.82, 2.24) is 9.55 Å². The third-order valence-corrected chi connectivity index (χ3v) is 3.53. The molecule has 0 radical (unpaired) electrons. The fraction of sp³-hybridized carbons (Fsp3) is 0.600. The Bertz CT molecular complexity index is 367. The Kier molecular flexibility index (Phi) is 5.66. The van der Waals surface area contributed by atoms with Gasteiger partial charge in [-0.15, -0.1) is 0 Å². The van der Waals surface area contributed by atoms with Crippen LogP contribution in [0.4, 0.5) is 0 Å². The molecule has 1 heterocycles. The maximum Gasteiger partial charge on any atom is 0.266 e. The lowest BCUT2D eigenvalue weighted by molar-refractivity contribution is 0.441. The molecule has 0 spiro atoms. The van der Waals surface area contributed by atoms with Crippen LogP contribution >= 0.6 is 35.2 Å². The number of nitrogens with zero attached hydrogens (tertiary/aromatic N) is 2. The van der Waals surface area contributed by atoms with Gasteiger partial charge < -0.3 is 0 Å². The molecule has 84 valence electrons. The molecule has 0 aliphatic rings. The summed E-state index contributed by atoms with van der Waals surface area (Å²) in [5.41, 5.74) is 0.0495. The fourth-order valence-electron chi connectivity index (χ4n) is 1.48. The Morgan fingerprint density at radius 1 is 1.67 bits per heavy atom. The molecule has 0 aromatic carbocycles. The quantitative estimate of drug-likeness (QED) is 0.660. The Balaban J connectivity index is 2.79. The highest BCUT2D eigenvalue weighted by molar-refractivity contribution is 14.1. The van der Waals surface area contributed by atoms with Crippen LogP contribution in [-0.2, 0) is 6.54 Å². The summed E-state index contributed by atoms with van der Waals surface area (Å²) in [5, 5.41) is 0. The van der Waals surface area contributed by atoms with Crippen LogP contribution in [0.1, 0.15) is 19.8 Å². The van der Waals surface area contributed by atoms with Gasteiger partial charge in [-0.2, -0.15) is 12.6 Å². The van der Waals surface area contributed by atoms with E-state index in [2.05, 4.69) is 24.5 Å². The second kappa shape index (κ2) is 6.52. The van der Waals surface area contributed by atoms with E-state index in [-0.39, 0.29) is 5.56 Å². The van der Waals surface area contributed by atoms with E-state index in [4.69, 9.17) is 0 Å². The minimum atomic E-state index is 0.0495. The third-order valence-electron chi connectivity index (χ3n) is 2.27. The first-order chi connectivity index (χ1) is 7.19. The van der Waals surface area contributed by atoms with E-state index < -0.39 is 0 Å². The van der Waals surface area contributed by atoms with Crippen LogP contribution in [0.25, 0.3) is 0 Å². The van der Waals surface area contributed by atoms with Gasteiger partial charge in [-0.05, 0) is 40.7 Å². The molecule has 1 rings (SSSR count). The van der Waals surface area contributed by atoms with Crippen molar-refractivity contribution in [2.45, 2.75) is 26.3 Å². The van der Waals surface area contributed by atoms with Crippen molar-refractivity contribution >= 4 is 35.2 Å². The Hall–Kier alpha value is -0.0400. The van der Waals surface area contributed by atoms with Gasteiger partial charge in [-0.3, -0.25) is 9.36 Å². The van der Waals surface area contributed by atoms with Crippen LogP contribution in [0.3, 0.4) is 0 Å². The number of hydrogen-bond acceptors (Lipinski definition) is 3. The minimum Gasteiger partial charge on any atom is -0.298 e. The van der Waals surface area contributed by atoms with Gasteiger partial charge in [-0.25, -0.2) is 4.98 Å². The fourth-order valence-corrected chi connectivity index (χ4v) is 2.25. The summed E-state index contributed by atoms with van der Waals surface area (Å²) in [4.78, 5) is 15.7. The van der Waals surface area contributed by atoms with Crippen LogP contribution in [0.2, 0.25) is 0 Å². The zero-order chi connectivity index (χ0) is 11.3. The van der Waals surface area contributed by atoms with E-state index in [0.717, 1.165) is 25.1 Å². The smallest absolute Gasteiger partial charge is 0.266 e. The Labute approximate surface area is 109 Å². The highest BCUT2D eigenvalue weighted by Crippen LogP contribution is 2.10. The van der Waals surface area contributed by atoms with Gasteiger partial charge in [0, 0.05) is 12.7 Å². The molecular weight excluding hydrogens is 323 g/mol. The number of hydrogen-bond donors (Lipinski definition) is 1. The summed E-state index contributed by atoms with van der Waals surface area (Å²) < 4.78 is 2.35. The Morgan fingerprint density at radius 2 is 2.40 bits per heavy atom. The molecule has 0 fully saturated rings. The summed E-state index contributed by atoms with van der Waals surface area (Å²) in [6.07, 6.45) is 5.42. The molecular formula is C10H15IN2OS. The van der Waals surface area contributed by atoms with Crippen molar-refractivity contribution in [2.75, 3.05) is 5.75 Å². The van der Waals surface area contributed by atoms with Gasteiger partial charge in [0.05, 0.1) is 9.90 Å². The first kappa shape index (κ1) is 13.0. The van der Waals surface area contributed by atoms with Crippen LogP contribution in [0, 0.1) is 9.49 Å². The van der Waals surface area contributed by atoms with Crippen LogP contribution in [0.5, 0.6) is 0 Å². The maximum absolute atomic E-state index is 11.7. The SMILES string of the molecule is CCCC(CS)Cn1cncc(I)c1=O. The number of thiol groups is 1. The normalized spacial score (nSPS) is 12.7. The second-order valence-electron chi connectivity index (χ2n) is 3.54. The molecule has 5 heteroatoms. The van der Waals surface area contributed by atoms with E-state index in [9.17, 15) is 4.79 Å². The summed E-state index contributed by atoms with van der Waals surface area (Å²) in [6, 6.07) is 0. The van der Waals surface area contributed by atoms with Gasteiger partial charge in [0.15, 0.2) is 0 Å². The van der Waals surface area contributed by atoms with Gasteiger partial charge >= 0.3 is 0 Å². The number of halogens is 1. The highest BCUT2D eigenvalue weighted by Gasteiger charge is 2.08. The molecule has 0 saturated heterocycles. The van der Waals surface area contributed by atoms with Crippen molar-refractivity contribution < 1.29 is 0 Å². The second-order valence-corrected chi connectivity index (χ2v) is 5.06. The van der Waals surface area contributed by atoms with Crippen LogP contribution in [0.15, 0.2) is 17.3 Å². The van der Waals surface area contributed by atoms with Gasteiger partial charge in [0.25, 0.3) is 5.56 Å². The Morgan fingerprint density at radius 3 is 3.00 bits per heavy atom. The van der Waals surface area contributed by atoms with Gasteiger partial charge in [0.1, 0.15) is 0 Å². The summed E-state index contributed by atoms with van der Waals surface area (Å²) >= 11 is 6.32. The zero-order valence-corrected chi connectivity index (χ0v) is 11.7. The van der Waals surface area contributed by atoms with Crippen LogP contribution in [-0.4, -0.2) is 15.3 Å². The number of rotatable bonds is 5. The van der Waals surface area contributed by atoms with Crippen molar-refractivity contribution in [3.8, 4) is 0 Å². The zero-order valence-electron chi connectivity index (χ0n) is 8.69.